The molecular weight excluding hydrogens is 164 g/mol. The van der Waals surface area contributed by atoms with Crippen molar-refractivity contribution in [1.82, 2.24) is 0 Å². The molecule has 1 aromatic rings. The summed E-state index contributed by atoms with van der Waals surface area (Å²) in [5, 5.41) is 0.692. The average molecular weight is 178 g/mol. The second-order valence-corrected chi connectivity index (χ2v) is 4.88. The first kappa shape index (κ1) is 8.18. The largest absolute Gasteiger partial charge is 0.153 e. The molecule has 0 aromatic heterocycles. The van der Waals surface area contributed by atoms with E-state index in [9.17, 15) is 0 Å². The number of benzene rings is 1. The minimum absolute atomic E-state index is 0.692. The van der Waals surface area contributed by atoms with Crippen molar-refractivity contribution in [2.45, 2.75) is 25.0 Å². The molecule has 0 spiro atoms. The van der Waals surface area contributed by atoms with E-state index < -0.39 is 0 Å². The van der Waals surface area contributed by atoms with Gasteiger partial charge in [-0.2, -0.15) is 11.8 Å². The van der Waals surface area contributed by atoms with Crippen LogP contribution in [0, 0.1) is 0 Å². The Labute approximate surface area is 78.4 Å². The number of rotatable bonds is 0. The zero-order valence-electron chi connectivity index (χ0n) is 7.58. The molecule has 0 saturated carbocycles. The Morgan fingerprint density at radius 2 is 1.83 bits per heavy atom. The van der Waals surface area contributed by atoms with Crippen LogP contribution in [0.15, 0.2) is 24.3 Å². The smallest absolute Gasteiger partial charge is 0.0272 e. The maximum Gasteiger partial charge on any atom is 0.0272 e. The highest BCUT2D eigenvalue weighted by Gasteiger charge is 2.20. The van der Waals surface area contributed by atoms with E-state index in [1.807, 2.05) is 0 Å². The quantitative estimate of drug-likeness (QED) is 0.585. The van der Waals surface area contributed by atoms with Crippen LogP contribution in [0.2, 0.25) is 0 Å². The summed E-state index contributed by atoms with van der Waals surface area (Å²) in [4.78, 5) is 0. The van der Waals surface area contributed by atoms with Gasteiger partial charge in [-0.15, -0.1) is 0 Å². The predicted molar refractivity (Wildman–Crippen MR) is 55.7 cm³/mol. The highest BCUT2D eigenvalue weighted by atomic mass is 32.2. The second-order valence-electron chi connectivity index (χ2n) is 3.51. The van der Waals surface area contributed by atoms with Crippen LogP contribution in [0.4, 0.5) is 0 Å². The van der Waals surface area contributed by atoms with Gasteiger partial charge in [-0.3, -0.25) is 0 Å². The molecule has 2 atom stereocenters. The van der Waals surface area contributed by atoms with Crippen molar-refractivity contribution in [3.8, 4) is 0 Å². The van der Waals surface area contributed by atoms with Gasteiger partial charge in [0.15, 0.2) is 0 Å². The van der Waals surface area contributed by atoms with Crippen molar-refractivity contribution in [2.24, 2.45) is 0 Å². The zero-order chi connectivity index (χ0) is 8.55. The van der Waals surface area contributed by atoms with Gasteiger partial charge >= 0.3 is 0 Å². The molecule has 0 saturated heterocycles. The first-order valence-electron chi connectivity index (χ1n) is 4.49. The Morgan fingerprint density at radius 3 is 2.50 bits per heavy atom. The Bertz CT molecular complexity index is 251. The fourth-order valence-corrected chi connectivity index (χ4v) is 2.95. The monoisotopic (exact) mass is 178 g/mol. The number of hydrogen-bond acceptors (Lipinski definition) is 1. The van der Waals surface area contributed by atoms with E-state index in [1.165, 1.54) is 5.75 Å². The summed E-state index contributed by atoms with van der Waals surface area (Å²) in [5.74, 6) is 2.01. The molecule has 1 aliphatic rings. The molecule has 1 heterocycles. The molecule has 64 valence electrons. The minimum atomic E-state index is 0.692. The lowest BCUT2D eigenvalue weighted by molar-refractivity contribution is 0.828. The first-order chi connectivity index (χ1) is 5.79. The molecule has 0 fully saturated rings. The second kappa shape index (κ2) is 3.14. The Morgan fingerprint density at radius 1 is 1.17 bits per heavy atom. The van der Waals surface area contributed by atoms with Crippen molar-refractivity contribution in [3.05, 3.63) is 35.4 Å². The average Bonchev–Trinajstić information content (AvgIpc) is 2.12. The van der Waals surface area contributed by atoms with Gasteiger partial charge < -0.3 is 0 Å². The molecule has 0 nitrogen and oxygen atoms in total. The Kier molecular flexibility index (Phi) is 2.14. The Hall–Kier alpha value is -0.430. The van der Waals surface area contributed by atoms with Crippen LogP contribution in [0.25, 0.3) is 0 Å². The number of thioether (sulfide) groups is 1. The summed E-state index contributed by atoms with van der Waals surface area (Å²) in [7, 11) is 0. The van der Waals surface area contributed by atoms with Crippen LogP contribution in [-0.2, 0) is 0 Å². The normalized spacial score (nSPS) is 28.2. The molecular formula is C11H14S. The third kappa shape index (κ3) is 1.27. The molecule has 1 heteroatoms. The summed E-state index contributed by atoms with van der Waals surface area (Å²) in [6.45, 7) is 4.62. The molecule has 0 amide bonds. The molecule has 0 aliphatic carbocycles. The summed E-state index contributed by atoms with van der Waals surface area (Å²) in [5.41, 5.74) is 3.10. The van der Waals surface area contributed by atoms with Crippen molar-refractivity contribution in [2.75, 3.05) is 5.75 Å². The molecule has 0 N–H and O–H groups in total. The number of fused-ring (bicyclic) bond motifs is 1. The van der Waals surface area contributed by atoms with Gasteiger partial charge in [-0.25, -0.2) is 0 Å². The lowest BCUT2D eigenvalue weighted by Gasteiger charge is -2.26. The van der Waals surface area contributed by atoms with Gasteiger partial charge in [0.1, 0.15) is 0 Å². The van der Waals surface area contributed by atoms with E-state index in [0.29, 0.717) is 5.25 Å². The van der Waals surface area contributed by atoms with Crippen molar-refractivity contribution >= 4 is 11.8 Å². The van der Waals surface area contributed by atoms with Crippen molar-refractivity contribution in [3.63, 3.8) is 0 Å². The molecule has 0 bridgehead atoms. The van der Waals surface area contributed by atoms with Crippen molar-refractivity contribution in [1.29, 1.82) is 0 Å². The molecule has 12 heavy (non-hydrogen) atoms. The molecule has 2 unspecified atom stereocenters. The van der Waals surface area contributed by atoms with Gasteiger partial charge in [0, 0.05) is 11.0 Å². The molecule has 1 aromatic carbocycles. The van der Waals surface area contributed by atoms with E-state index >= 15 is 0 Å². The fourth-order valence-electron chi connectivity index (χ4n) is 1.80. The van der Waals surface area contributed by atoms with E-state index in [-0.39, 0.29) is 0 Å². The molecule has 0 radical (unpaired) electrons. The summed E-state index contributed by atoms with van der Waals surface area (Å²) < 4.78 is 0. The van der Waals surface area contributed by atoms with E-state index in [4.69, 9.17) is 0 Å². The summed E-state index contributed by atoms with van der Waals surface area (Å²) in [6.07, 6.45) is 0. The maximum absolute atomic E-state index is 2.32. The van der Waals surface area contributed by atoms with Crippen LogP contribution < -0.4 is 0 Å². The fraction of sp³-hybridized carbons (Fsp3) is 0.455. The van der Waals surface area contributed by atoms with Gasteiger partial charge in [0.25, 0.3) is 0 Å². The third-order valence-corrected chi connectivity index (χ3v) is 4.01. The van der Waals surface area contributed by atoms with Crippen molar-refractivity contribution < 1.29 is 0 Å². The van der Waals surface area contributed by atoms with E-state index in [0.717, 1.165) is 5.92 Å². The highest BCUT2D eigenvalue weighted by molar-refractivity contribution is 7.99. The lowest BCUT2D eigenvalue weighted by Crippen LogP contribution is -2.09. The molecule has 1 aliphatic heterocycles. The van der Waals surface area contributed by atoms with Gasteiger partial charge in [-0.1, -0.05) is 31.2 Å². The van der Waals surface area contributed by atoms with E-state index in [2.05, 4.69) is 49.9 Å². The van der Waals surface area contributed by atoms with Crippen LogP contribution in [-0.4, -0.2) is 5.75 Å². The van der Waals surface area contributed by atoms with Crippen LogP contribution in [0.3, 0.4) is 0 Å². The zero-order valence-corrected chi connectivity index (χ0v) is 8.40. The molecule has 2 rings (SSSR count). The van der Waals surface area contributed by atoms with E-state index in [1.54, 1.807) is 11.1 Å². The summed E-state index contributed by atoms with van der Waals surface area (Å²) >= 11 is 2.07. The maximum atomic E-state index is 2.32. The van der Waals surface area contributed by atoms with Crippen LogP contribution >= 0.6 is 11.8 Å². The Balaban J connectivity index is 2.47. The SMILES string of the molecule is CC1CSC(C)c2ccccc21. The predicted octanol–water partition coefficient (Wildman–Crippen LogP) is 3.60. The topological polar surface area (TPSA) is 0 Å². The van der Waals surface area contributed by atoms with Gasteiger partial charge in [0.05, 0.1) is 0 Å². The van der Waals surface area contributed by atoms with Crippen LogP contribution in [0.1, 0.15) is 36.1 Å². The third-order valence-electron chi connectivity index (χ3n) is 2.56. The van der Waals surface area contributed by atoms with Gasteiger partial charge in [-0.05, 0) is 24.0 Å². The lowest BCUT2D eigenvalue weighted by atomic mass is 9.95. The van der Waals surface area contributed by atoms with Gasteiger partial charge in [0.2, 0.25) is 0 Å². The first-order valence-corrected chi connectivity index (χ1v) is 5.54. The minimum Gasteiger partial charge on any atom is -0.153 e. The van der Waals surface area contributed by atoms with Crippen LogP contribution in [0.5, 0.6) is 0 Å². The standard InChI is InChI=1S/C11H14S/c1-8-7-12-9(2)11-6-4-3-5-10(8)11/h3-6,8-9H,7H2,1-2H3. The highest BCUT2D eigenvalue weighted by Crippen LogP contribution is 2.41. The number of hydrogen-bond donors (Lipinski definition) is 0. The summed E-state index contributed by atoms with van der Waals surface area (Å²) in [6, 6.07) is 8.84.